The number of carbonyl (C=O) groups is 2. The second kappa shape index (κ2) is 10.7. The van der Waals surface area contributed by atoms with E-state index in [2.05, 4.69) is 17.9 Å². The molecular formula is C23H28ClN3O3S. The summed E-state index contributed by atoms with van der Waals surface area (Å²) in [6.45, 7) is 5.44. The van der Waals surface area contributed by atoms with E-state index >= 15 is 0 Å². The molecule has 0 aliphatic carbocycles. The van der Waals surface area contributed by atoms with E-state index in [1.165, 1.54) is 18.4 Å². The highest BCUT2D eigenvalue weighted by molar-refractivity contribution is 7.22. The number of hydrogen-bond donors (Lipinski definition) is 0. The average molecular weight is 462 g/mol. The molecule has 8 heteroatoms. The van der Waals surface area contributed by atoms with Crippen LogP contribution in [-0.4, -0.2) is 56.1 Å². The molecule has 0 aliphatic heterocycles. The summed E-state index contributed by atoms with van der Waals surface area (Å²) in [7, 11) is 5.32. The van der Waals surface area contributed by atoms with Crippen LogP contribution in [0.15, 0.2) is 36.4 Å². The predicted octanol–water partition coefficient (Wildman–Crippen LogP) is 4.72. The van der Waals surface area contributed by atoms with Crippen molar-refractivity contribution in [3.05, 3.63) is 58.7 Å². The number of esters is 1. The Morgan fingerprint density at radius 3 is 2.39 bits per heavy atom. The quantitative estimate of drug-likeness (QED) is 0.476. The Morgan fingerprint density at radius 2 is 1.74 bits per heavy atom. The summed E-state index contributed by atoms with van der Waals surface area (Å²) in [5, 5.41) is 0.641. The highest BCUT2D eigenvalue weighted by Gasteiger charge is 2.25. The van der Waals surface area contributed by atoms with Gasteiger partial charge in [-0.1, -0.05) is 29.5 Å². The summed E-state index contributed by atoms with van der Waals surface area (Å²) in [5.74, 6) is -0.772. The molecule has 1 aromatic heterocycles. The van der Waals surface area contributed by atoms with Crippen LogP contribution in [0.5, 0.6) is 0 Å². The zero-order chi connectivity index (χ0) is 21.8. The van der Waals surface area contributed by atoms with Crippen LogP contribution in [0.25, 0.3) is 10.2 Å². The number of thiazole rings is 1. The first-order chi connectivity index (χ1) is 14.3. The average Bonchev–Trinajstić information content (AvgIpc) is 3.14. The molecule has 0 saturated carbocycles. The van der Waals surface area contributed by atoms with Crippen LogP contribution < -0.4 is 4.90 Å². The largest absolute Gasteiger partial charge is 0.465 e. The number of carbonyl (C=O) groups excluding carboxylic acids is 2. The van der Waals surface area contributed by atoms with E-state index in [-0.39, 0.29) is 23.9 Å². The summed E-state index contributed by atoms with van der Waals surface area (Å²) in [4.78, 5) is 34.3. The van der Waals surface area contributed by atoms with Crippen molar-refractivity contribution in [3.8, 4) is 0 Å². The highest BCUT2D eigenvalue weighted by Crippen LogP contribution is 2.33. The smallest absolute Gasteiger partial charge is 0.338 e. The van der Waals surface area contributed by atoms with Gasteiger partial charge in [-0.15, -0.1) is 12.4 Å². The molecule has 166 valence electrons. The second-order valence-electron chi connectivity index (χ2n) is 7.58. The van der Waals surface area contributed by atoms with Crippen LogP contribution >= 0.6 is 23.7 Å². The van der Waals surface area contributed by atoms with Crippen LogP contribution in [0.3, 0.4) is 0 Å². The van der Waals surface area contributed by atoms with Crippen LogP contribution in [0.4, 0.5) is 5.13 Å². The summed E-state index contributed by atoms with van der Waals surface area (Å²) in [6.07, 6.45) is 0.785. The Morgan fingerprint density at radius 1 is 1.06 bits per heavy atom. The molecule has 0 radical (unpaired) electrons. The molecule has 1 amide bonds. The molecule has 0 unspecified atom stereocenters. The number of aryl methyl sites for hydroxylation is 2. The molecule has 2 aromatic carbocycles. The number of anilines is 1. The minimum atomic E-state index is -0.525. The molecule has 3 aromatic rings. The molecule has 0 spiro atoms. The van der Waals surface area contributed by atoms with Crippen LogP contribution in [0.1, 0.15) is 38.3 Å². The fourth-order valence-corrected chi connectivity index (χ4v) is 4.45. The molecule has 6 nitrogen and oxygen atoms in total. The third-order valence-electron chi connectivity index (χ3n) is 4.83. The molecule has 0 saturated heterocycles. The van der Waals surface area contributed by atoms with Crippen molar-refractivity contribution >= 4 is 51.0 Å². The lowest BCUT2D eigenvalue weighted by Crippen LogP contribution is -2.34. The van der Waals surface area contributed by atoms with E-state index in [9.17, 15) is 9.59 Å². The summed E-state index contributed by atoms with van der Waals surface area (Å²) < 4.78 is 5.94. The third kappa shape index (κ3) is 5.61. The topological polar surface area (TPSA) is 62.7 Å². The fraction of sp³-hybridized carbons (Fsp3) is 0.348. The number of aromatic nitrogens is 1. The monoisotopic (exact) mass is 461 g/mol. The van der Waals surface area contributed by atoms with E-state index < -0.39 is 5.97 Å². The molecular weight excluding hydrogens is 434 g/mol. The van der Waals surface area contributed by atoms with E-state index in [4.69, 9.17) is 9.72 Å². The maximum Gasteiger partial charge on any atom is 0.338 e. The number of ether oxygens (including phenoxy) is 1. The van der Waals surface area contributed by atoms with Gasteiger partial charge in [-0.25, -0.2) is 9.78 Å². The second-order valence-corrected chi connectivity index (χ2v) is 8.55. The van der Waals surface area contributed by atoms with Crippen molar-refractivity contribution in [2.45, 2.75) is 20.3 Å². The summed E-state index contributed by atoms with van der Waals surface area (Å²) in [6, 6.07) is 10.9. The first-order valence-electron chi connectivity index (χ1n) is 9.83. The standard InChI is InChI=1S/C23H27N3O3S.ClH/c1-15-13-16(2)20-19(14-15)24-23(30-20)26(12-8-11-25(3)4)21(27)17-9-6-7-10-18(17)22(28)29-5;/h6-7,9-10,13-14H,8,11-12H2,1-5H3;1H. The van der Waals surface area contributed by atoms with Crippen molar-refractivity contribution in [2.24, 2.45) is 0 Å². The van der Waals surface area contributed by atoms with Gasteiger partial charge in [-0.05, 0) is 70.2 Å². The van der Waals surface area contributed by atoms with Crippen LogP contribution in [0.2, 0.25) is 0 Å². The minimum Gasteiger partial charge on any atom is -0.465 e. The van der Waals surface area contributed by atoms with Gasteiger partial charge in [0.25, 0.3) is 5.91 Å². The fourth-order valence-electron chi connectivity index (χ4n) is 3.41. The normalized spacial score (nSPS) is 10.8. The Bertz CT molecular complexity index is 1080. The lowest BCUT2D eigenvalue weighted by Gasteiger charge is -2.22. The molecule has 3 rings (SSSR count). The highest BCUT2D eigenvalue weighted by atomic mass is 35.5. The summed E-state index contributed by atoms with van der Waals surface area (Å²) in [5.41, 5.74) is 3.75. The first-order valence-corrected chi connectivity index (χ1v) is 10.6. The third-order valence-corrected chi connectivity index (χ3v) is 6.06. The molecule has 0 aliphatic rings. The summed E-state index contributed by atoms with van der Waals surface area (Å²) >= 11 is 1.51. The predicted molar refractivity (Wildman–Crippen MR) is 129 cm³/mol. The Labute approximate surface area is 193 Å². The number of halogens is 1. The number of benzene rings is 2. The SMILES string of the molecule is COC(=O)c1ccccc1C(=O)N(CCCN(C)C)c1nc2cc(C)cc(C)c2s1.Cl. The number of fused-ring (bicyclic) bond motifs is 1. The first kappa shape index (κ1) is 24.8. The van der Waals surface area contributed by atoms with Crippen molar-refractivity contribution in [2.75, 3.05) is 39.2 Å². The number of hydrogen-bond acceptors (Lipinski definition) is 6. The Hall–Kier alpha value is -2.48. The number of rotatable bonds is 7. The van der Waals surface area contributed by atoms with Crippen molar-refractivity contribution in [1.29, 1.82) is 0 Å². The van der Waals surface area contributed by atoms with Gasteiger partial charge in [0, 0.05) is 6.54 Å². The molecule has 31 heavy (non-hydrogen) atoms. The van der Waals surface area contributed by atoms with Gasteiger partial charge < -0.3 is 9.64 Å². The number of amides is 1. The molecule has 0 atom stereocenters. The zero-order valence-electron chi connectivity index (χ0n) is 18.5. The maximum absolute atomic E-state index is 13.6. The minimum absolute atomic E-state index is 0. The van der Waals surface area contributed by atoms with Crippen LogP contribution in [-0.2, 0) is 4.74 Å². The lowest BCUT2D eigenvalue weighted by atomic mass is 10.1. The van der Waals surface area contributed by atoms with E-state index in [1.54, 1.807) is 29.2 Å². The van der Waals surface area contributed by atoms with Crippen molar-refractivity contribution in [3.63, 3.8) is 0 Å². The maximum atomic E-state index is 13.6. The van der Waals surface area contributed by atoms with Gasteiger partial charge in [0.05, 0.1) is 28.5 Å². The van der Waals surface area contributed by atoms with Crippen molar-refractivity contribution in [1.82, 2.24) is 9.88 Å². The number of nitrogens with zero attached hydrogens (tertiary/aromatic N) is 3. The van der Waals surface area contributed by atoms with E-state index in [0.717, 1.165) is 34.3 Å². The van der Waals surface area contributed by atoms with Gasteiger partial charge in [-0.3, -0.25) is 9.69 Å². The van der Waals surface area contributed by atoms with Gasteiger partial charge in [0.1, 0.15) is 0 Å². The molecule has 0 N–H and O–H groups in total. The van der Waals surface area contributed by atoms with Gasteiger partial charge in [-0.2, -0.15) is 0 Å². The Balaban J connectivity index is 0.00000341. The molecule has 0 bridgehead atoms. The molecule has 1 heterocycles. The molecule has 0 fully saturated rings. The van der Waals surface area contributed by atoms with Crippen LogP contribution in [0, 0.1) is 13.8 Å². The van der Waals surface area contributed by atoms with E-state index in [1.807, 2.05) is 27.1 Å². The van der Waals surface area contributed by atoms with Crippen molar-refractivity contribution < 1.29 is 14.3 Å². The van der Waals surface area contributed by atoms with Gasteiger partial charge in [0.2, 0.25) is 0 Å². The van der Waals surface area contributed by atoms with Gasteiger partial charge >= 0.3 is 5.97 Å². The number of methoxy groups -OCH3 is 1. The zero-order valence-corrected chi connectivity index (χ0v) is 20.1. The Kier molecular flexibility index (Phi) is 8.56. The lowest BCUT2D eigenvalue weighted by molar-refractivity contribution is 0.0597. The van der Waals surface area contributed by atoms with E-state index in [0.29, 0.717) is 17.2 Å². The van der Waals surface area contributed by atoms with Gasteiger partial charge in [0.15, 0.2) is 5.13 Å².